The third kappa shape index (κ3) is 3.14. The molecular weight excluding hydrogens is 324 g/mol. The van der Waals surface area contributed by atoms with Gasteiger partial charge in [-0.15, -0.1) is 0 Å². The van der Waals surface area contributed by atoms with Crippen molar-refractivity contribution in [2.75, 3.05) is 5.32 Å². The number of nitro groups is 1. The molecule has 0 fully saturated rings. The van der Waals surface area contributed by atoms with Gasteiger partial charge in [0.05, 0.1) is 16.3 Å². The van der Waals surface area contributed by atoms with Crippen LogP contribution in [0.1, 0.15) is 29.5 Å². The molecule has 2 N–H and O–H groups in total. The van der Waals surface area contributed by atoms with Gasteiger partial charge in [-0.05, 0) is 24.6 Å². The molecule has 0 aliphatic heterocycles. The number of benzene rings is 1. The fourth-order valence-electron chi connectivity index (χ4n) is 2.62. The summed E-state index contributed by atoms with van der Waals surface area (Å²) in [5.74, 6) is -0.734. The first kappa shape index (κ1) is 16.4. The number of nitrogens with zero attached hydrogens (tertiary/aromatic N) is 3. The lowest BCUT2D eigenvalue weighted by molar-refractivity contribution is -0.384. The van der Waals surface area contributed by atoms with Crippen molar-refractivity contribution in [2.45, 2.75) is 19.8 Å². The standard InChI is InChI=1S/C17H16N4O4/c1-2-5-12-16(20-9-4-3-6-15(20)18-12)17(23)19-13-10-11(21(24)25)7-8-14(13)22/h3-4,6-10,22H,2,5H2,1H3,(H,19,23). The molecule has 0 atom stereocenters. The highest BCUT2D eigenvalue weighted by atomic mass is 16.6. The van der Waals surface area contributed by atoms with Gasteiger partial charge in [0.15, 0.2) is 0 Å². The number of carbonyl (C=O) groups excluding carboxylic acids is 1. The molecule has 8 nitrogen and oxygen atoms in total. The SMILES string of the molecule is CCCc1nc2ccccn2c1C(=O)Nc1cc([N+](=O)[O-])ccc1O. The third-order valence-corrected chi connectivity index (χ3v) is 3.74. The van der Waals surface area contributed by atoms with Crippen molar-refractivity contribution in [3.63, 3.8) is 0 Å². The summed E-state index contributed by atoms with van der Waals surface area (Å²) < 4.78 is 1.66. The van der Waals surface area contributed by atoms with E-state index in [0.29, 0.717) is 23.5 Å². The Hall–Kier alpha value is -3.42. The van der Waals surface area contributed by atoms with E-state index in [1.165, 1.54) is 12.1 Å². The van der Waals surface area contributed by atoms with E-state index in [1.807, 2.05) is 13.0 Å². The van der Waals surface area contributed by atoms with Gasteiger partial charge in [0, 0.05) is 18.3 Å². The molecule has 25 heavy (non-hydrogen) atoms. The summed E-state index contributed by atoms with van der Waals surface area (Å²) >= 11 is 0. The van der Waals surface area contributed by atoms with Crippen LogP contribution in [0, 0.1) is 10.1 Å². The number of aryl methyl sites for hydroxylation is 1. The molecule has 1 aromatic carbocycles. The lowest BCUT2D eigenvalue weighted by atomic mass is 10.2. The number of imidazole rings is 1. The Balaban J connectivity index is 2.02. The van der Waals surface area contributed by atoms with Crippen molar-refractivity contribution < 1.29 is 14.8 Å². The zero-order valence-electron chi connectivity index (χ0n) is 13.5. The summed E-state index contributed by atoms with van der Waals surface area (Å²) in [6.45, 7) is 1.98. The number of nitro benzene ring substituents is 1. The minimum Gasteiger partial charge on any atom is -0.506 e. The van der Waals surface area contributed by atoms with Crippen LogP contribution in [0.15, 0.2) is 42.6 Å². The zero-order valence-corrected chi connectivity index (χ0v) is 13.5. The summed E-state index contributed by atoms with van der Waals surface area (Å²) in [4.78, 5) is 27.5. The highest BCUT2D eigenvalue weighted by molar-refractivity contribution is 6.05. The first-order valence-corrected chi connectivity index (χ1v) is 7.76. The number of aromatic hydroxyl groups is 1. The minimum absolute atomic E-state index is 0.0208. The summed E-state index contributed by atoms with van der Waals surface area (Å²) in [5, 5.41) is 23.3. The predicted molar refractivity (Wildman–Crippen MR) is 91.9 cm³/mol. The van der Waals surface area contributed by atoms with Crippen LogP contribution in [0.2, 0.25) is 0 Å². The maximum atomic E-state index is 12.8. The highest BCUT2D eigenvalue weighted by Crippen LogP contribution is 2.28. The van der Waals surface area contributed by atoms with E-state index in [-0.39, 0.29) is 17.1 Å². The number of carbonyl (C=O) groups is 1. The zero-order chi connectivity index (χ0) is 18.0. The van der Waals surface area contributed by atoms with Gasteiger partial charge in [0.1, 0.15) is 17.1 Å². The number of phenolic OH excluding ortho intramolecular Hbond substituents is 1. The molecule has 0 aliphatic carbocycles. The average Bonchev–Trinajstić information content (AvgIpc) is 2.95. The average molecular weight is 340 g/mol. The van der Waals surface area contributed by atoms with Gasteiger partial charge in [-0.25, -0.2) is 4.98 Å². The number of fused-ring (bicyclic) bond motifs is 1. The second-order valence-electron chi connectivity index (χ2n) is 5.50. The second-order valence-corrected chi connectivity index (χ2v) is 5.50. The van der Waals surface area contributed by atoms with Crippen LogP contribution in [-0.4, -0.2) is 25.3 Å². The first-order chi connectivity index (χ1) is 12.0. The van der Waals surface area contributed by atoms with Gasteiger partial charge in [0.2, 0.25) is 0 Å². The van der Waals surface area contributed by atoms with E-state index >= 15 is 0 Å². The van der Waals surface area contributed by atoms with Crippen molar-refractivity contribution in [1.82, 2.24) is 9.38 Å². The molecule has 1 amide bonds. The molecule has 0 unspecified atom stereocenters. The predicted octanol–water partition coefficient (Wildman–Crippen LogP) is 3.15. The molecule has 2 heterocycles. The molecular formula is C17H16N4O4. The van der Waals surface area contributed by atoms with Gasteiger partial charge < -0.3 is 10.4 Å². The van der Waals surface area contributed by atoms with E-state index < -0.39 is 10.8 Å². The smallest absolute Gasteiger partial charge is 0.274 e. The van der Waals surface area contributed by atoms with E-state index in [4.69, 9.17) is 0 Å². The molecule has 3 aromatic rings. The quantitative estimate of drug-likeness (QED) is 0.421. The second kappa shape index (κ2) is 6.60. The number of amides is 1. The van der Waals surface area contributed by atoms with Gasteiger partial charge in [0.25, 0.3) is 11.6 Å². The normalized spacial score (nSPS) is 10.8. The van der Waals surface area contributed by atoms with Crippen molar-refractivity contribution in [2.24, 2.45) is 0 Å². The Labute approximate surface area is 142 Å². The fourth-order valence-corrected chi connectivity index (χ4v) is 2.62. The van der Waals surface area contributed by atoms with Crippen LogP contribution in [0.3, 0.4) is 0 Å². The molecule has 0 spiro atoms. The number of anilines is 1. The minimum atomic E-state index is -0.591. The highest BCUT2D eigenvalue weighted by Gasteiger charge is 2.20. The Morgan fingerprint density at radius 3 is 2.88 bits per heavy atom. The van der Waals surface area contributed by atoms with E-state index in [2.05, 4.69) is 10.3 Å². The number of rotatable bonds is 5. The van der Waals surface area contributed by atoms with Crippen molar-refractivity contribution in [3.8, 4) is 5.75 Å². The number of phenols is 1. The van der Waals surface area contributed by atoms with E-state index in [0.717, 1.165) is 12.5 Å². The lowest BCUT2D eigenvalue weighted by Gasteiger charge is -2.08. The van der Waals surface area contributed by atoms with Gasteiger partial charge >= 0.3 is 0 Å². The summed E-state index contributed by atoms with van der Waals surface area (Å²) in [6, 6.07) is 8.87. The van der Waals surface area contributed by atoms with Crippen molar-refractivity contribution >= 4 is 22.9 Å². The molecule has 128 valence electrons. The van der Waals surface area contributed by atoms with Crippen LogP contribution in [0.5, 0.6) is 5.75 Å². The molecule has 0 aliphatic rings. The molecule has 0 radical (unpaired) electrons. The maximum absolute atomic E-state index is 12.8. The Kier molecular flexibility index (Phi) is 4.34. The largest absolute Gasteiger partial charge is 0.506 e. The van der Waals surface area contributed by atoms with Crippen LogP contribution >= 0.6 is 0 Å². The lowest BCUT2D eigenvalue weighted by Crippen LogP contribution is -2.16. The Morgan fingerprint density at radius 2 is 2.16 bits per heavy atom. The van der Waals surface area contributed by atoms with Gasteiger partial charge in [-0.3, -0.25) is 19.3 Å². The van der Waals surface area contributed by atoms with Gasteiger partial charge in [-0.1, -0.05) is 19.4 Å². The van der Waals surface area contributed by atoms with Gasteiger partial charge in [-0.2, -0.15) is 0 Å². The van der Waals surface area contributed by atoms with E-state index in [1.54, 1.807) is 22.7 Å². The fraction of sp³-hybridized carbons (Fsp3) is 0.176. The summed E-state index contributed by atoms with van der Waals surface area (Å²) in [6.07, 6.45) is 3.15. The number of hydrogen-bond donors (Lipinski definition) is 2. The molecule has 0 saturated heterocycles. The number of aromatic nitrogens is 2. The monoisotopic (exact) mass is 340 g/mol. The van der Waals surface area contributed by atoms with Crippen LogP contribution < -0.4 is 5.32 Å². The number of non-ortho nitro benzene ring substituents is 1. The maximum Gasteiger partial charge on any atom is 0.274 e. The molecule has 2 aromatic heterocycles. The topological polar surface area (TPSA) is 110 Å². The van der Waals surface area contributed by atoms with Crippen LogP contribution in [0.25, 0.3) is 5.65 Å². The summed E-state index contributed by atoms with van der Waals surface area (Å²) in [5.41, 5.74) is 1.38. The molecule has 3 rings (SSSR count). The van der Waals surface area contributed by atoms with Crippen LogP contribution in [0.4, 0.5) is 11.4 Å². The number of pyridine rings is 1. The van der Waals surface area contributed by atoms with Crippen molar-refractivity contribution in [1.29, 1.82) is 0 Å². The van der Waals surface area contributed by atoms with E-state index in [9.17, 15) is 20.0 Å². The van der Waals surface area contributed by atoms with Crippen molar-refractivity contribution in [3.05, 3.63) is 64.1 Å². The molecule has 0 saturated carbocycles. The summed E-state index contributed by atoms with van der Waals surface area (Å²) in [7, 11) is 0. The number of nitrogens with one attached hydrogen (secondary N) is 1. The van der Waals surface area contributed by atoms with Crippen LogP contribution in [-0.2, 0) is 6.42 Å². The molecule has 0 bridgehead atoms. The Morgan fingerprint density at radius 1 is 1.36 bits per heavy atom. The number of hydrogen-bond acceptors (Lipinski definition) is 5. The first-order valence-electron chi connectivity index (χ1n) is 7.76. The molecule has 8 heteroatoms. The Bertz CT molecular complexity index is 964. The third-order valence-electron chi connectivity index (χ3n) is 3.74.